The number of rotatable bonds is 2. The van der Waals surface area contributed by atoms with Crippen LogP contribution in [0, 0.1) is 13.8 Å². The standard InChI is InChI=1S/C8H14N3OP/c1-6-4-3-5-7(2)8(6)11-13(9,10)12/h3-5H,1-2H3,(H5,9,10,11,12). The molecule has 0 bridgehead atoms. The van der Waals surface area contributed by atoms with Crippen LogP contribution in [0.1, 0.15) is 11.1 Å². The highest BCUT2D eigenvalue weighted by Gasteiger charge is 2.10. The van der Waals surface area contributed by atoms with Gasteiger partial charge in [-0.2, -0.15) is 0 Å². The molecule has 1 rings (SSSR count). The van der Waals surface area contributed by atoms with Crippen molar-refractivity contribution < 1.29 is 4.57 Å². The number of aryl methyl sites for hydroxylation is 2. The fraction of sp³-hybridized carbons (Fsp3) is 0.250. The molecule has 0 unspecified atom stereocenters. The molecule has 72 valence electrons. The van der Waals surface area contributed by atoms with Gasteiger partial charge in [-0.15, -0.1) is 0 Å². The molecule has 0 aromatic heterocycles. The predicted octanol–water partition coefficient (Wildman–Crippen LogP) is 1.74. The van der Waals surface area contributed by atoms with Crippen LogP contribution in [0.15, 0.2) is 18.2 Å². The molecule has 4 nitrogen and oxygen atoms in total. The largest absolute Gasteiger partial charge is 0.313 e. The Hall–Kier alpha value is -0.830. The van der Waals surface area contributed by atoms with Gasteiger partial charge in [0.25, 0.3) is 7.59 Å². The van der Waals surface area contributed by atoms with Gasteiger partial charge >= 0.3 is 0 Å². The number of nitrogens with two attached hydrogens (primary N) is 2. The molecular weight excluding hydrogens is 185 g/mol. The summed E-state index contributed by atoms with van der Waals surface area (Å²) in [7, 11) is -3.19. The molecule has 1 aromatic rings. The molecule has 5 N–H and O–H groups in total. The third-order valence-corrected chi connectivity index (χ3v) is 2.34. The summed E-state index contributed by atoms with van der Waals surface area (Å²) in [6, 6.07) is 5.74. The Balaban J connectivity index is 3.07. The van der Waals surface area contributed by atoms with Crippen LogP contribution < -0.4 is 16.1 Å². The number of anilines is 1. The molecule has 5 heteroatoms. The van der Waals surface area contributed by atoms with Crippen molar-refractivity contribution in [3.8, 4) is 0 Å². The average Bonchev–Trinajstić information content (AvgIpc) is 1.95. The number of nitrogens with one attached hydrogen (secondary N) is 1. The highest BCUT2D eigenvalue weighted by molar-refractivity contribution is 7.60. The molecule has 0 heterocycles. The Morgan fingerprint density at radius 2 is 1.69 bits per heavy atom. The van der Waals surface area contributed by atoms with Crippen LogP contribution in [-0.4, -0.2) is 0 Å². The van der Waals surface area contributed by atoms with Crippen molar-refractivity contribution >= 4 is 13.3 Å². The van der Waals surface area contributed by atoms with Crippen molar-refractivity contribution in [2.75, 3.05) is 5.09 Å². The van der Waals surface area contributed by atoms with Gasteiger partial charge < -0.3 is 5.09 Å². The van der Waals surface area contributed by atoms with Gasteiger partial charge in [0.1, 0.15) is 0 Å². The van der Waals surface area contributed by atoms with Gasteiger partial charge in [-0.3, -0.25) is 15.6 Å². The molecule has 0 aliphatic heterocycles. The molecule has 0 radical (unpaired) electrons. The van der Waals surface area contributed by atoms with E-state index in [0.29, 0.717) is 0 Å². The number of para-hydroxylation sites is 1. The van der Waals surface area contributed by atoms with Crippen molar-refractivity contribution in [1.29, 1.82) is 0 Å². The second kappa shape index (κ2) is 3.50. The Morgan fingerprint density at radius 1 is 1.23 bits per heavy atom. The monoisotopic (exact) mass is 199 g/mol. The molecule has 0 saturated heterocycles. The summed E-state index contributed by atoms with van der Waals surface area (Å²) in [6.07, 6.45) is 0. The second-order valence-electron chi connectivity index (χ2n) is 3.09. The number of hydrogen-bond donors (Lipinski definition) is 3. The van der Waals surface area contributed by atoms with Crippen LogP contribution in [0.4, 0.5) is 5.69 Å². The van der Waals surface area contributed by atoms with E-state index in [2.05, 4.69) is 5.09 Å². The summed E-state index contributed by atoms with van der Waals surface area (Å²) in [5.41, 5.74) is 13.2. The summed E-state index contributed by atoms with van der Waals surface area (Å²) < 4.78 is 11.1. The number of benzene rings is 1. The Kier molecular flexibility index (Phi) is 2.76. The van der Waals surface area contributed by atoms with E-state index in [4.69, 9.17) is 11.0 Å². The smallest absolute Gasteiger partial charge is 0.298 e. The second-order valence-corrected chi connectivity index (χ2v) is 4.73. The minimum atomic E-state index is -3.19. The van der Waals surface area contributed by atoms with Gasteiger partial charge in [0.2, 0.25) is 0 Å². The summed E-state index contributed by atoms with van der Waals surface area (Å²) in [5.74, 6) is 0. The van der Waals surface area contributed by atoms with Crippen LogP contribution in [0.3, 0.4) is 0 Å². The van der Waals surface area contributed by atoms with Gasteiger partial charge in [-0.1, -0.05) is 18.2 Å². The van der Waals surface area contributed by atoms with E-state index in [1.165, 1.54) is 0 Å². The van der Waals surface area contributed by atoms with Crippen LogP contribution in [0.2, 0.25) is 0 Å². The molecule has 0 atom stereocenters. The quantitative estimate of drug-likeness (QED) is 0.633. The molecule has 0 fully saturated rings. The average molecular weight is 199 g/mol. The van der Waals surface area contributed by atoms with Crippen LogP contribution in [0.5, 0.6) is 0 Å². The van der Waals surface area contributed by atoms with E-state index >= 15 is 0 Å². The highest BCUT2D eigenvalue weighted by atomic mass is 31.2. The van der Waals surface area contributed by atoms with Crippen LogP contribution >= 0.6 is 7.59 Å². The zero-order valence-electron chi connectivity index (χ0n) is 7.74. The van der Waals surface area contributed by atoms with Crippen molar-refractivity contribution in [3.05, 3.63) is 29.3 Å². The van der Waals surface area contributed by atoms with E-state index in [1.807, 2.05) is 32.0 Å². The molecule has 0 saturated carbocycles. The Morgan fingerprint density at radius 3 is 2.08 bits per heavy atom. The van der Waals surface area contributed by atoms with Gasteiger partial charge in [0, 0.05) is 5.69 Å². The maximum absolute atomic E-state index is 11.1. The lowest BCUT2D eigenvalue weighted by Crippen LogP contribution is -2.14. The van der Waals surface area contributed by atoms with Gasteiger partial charge in [-0.25, -0.2) is 0 Å². The van der Waals surface area contributed by atoms with Gasteiger partial charge in [0.15, 0.2) is 0 Å². The zero-order valence-corrected chi connectivity index (χ0v) is 8.64. The van der Waals surface area contributed by atoms with Crippen molar-refractivity contribution in [1.82, 2.24) is 0 Å². The maximum atomic E-state index is 11.1. The molecule has 0 spiro atoms. The van der Waals surface area contributed by atoms with Crippen LogP contribution in [-0.2, 0) is 4.57 Å². The minimum absolute atomic E-state index is 0.760. The molecule has 0 aliphatic carbocycles. The van der Waals surface area contributed by atoms with E-state index in [0.717, 1.165) is 16.8 Å². The third-order valence-electron chi connectivity index (χ3n) is 1.77. The lowest BCUT2D eigenvalue weighted by atomic mass is 10.1. The van der Waals surface area contributed by atoms with Gasteiger partial charge in [0.05, 0.1) is 0 Å². The molecular formula is C8H14N3OP. The summed E-state index contributed by atoms with van der Waals surface area (Å²) >= 11 is 0. The topological polar surface area (TPSA) is 81.1 Å². The highest BCUT2D eigenvalue weighted by Crippen LogP contribution is 2.31. The van der Waals surface area contributed by atoms with E-state index in [9.17, 15) is 4.57 Å². The first-order valence-electron chi connectivity index (χ1n) is 3.92. The normalized spacial score (nSPS) is 11.4. The molecule has 13 heavy (non-hydrogen) atoms. The van der Waals surface area contributed by atoms with Crippen molar-refractivity contribution in [2.45, 2.75) is 13.8 Å². The Bertz CT molecular complexity index is 338. The molecule has 1 aromatic carbocycles. The number of hydrogen-bond acceptors (Lipinski definition) is 1. The molecule has 0 amide bonds. The van der Waals surface area contributed by atoms with E-state index in [-0.39, 0.29) is 0 Å². The van der Waals surface area contributed by atoms with Crippen LogP contribution in [0.25, 0.3) is 0 Å². The summed E-state index contributed by atoms with van der Waals surface area (Å²) in [6.45, 7) is 3.82. The first-order chi connectivity index (χ1) is 5.90. The molecule has 0 aliphatic rings. The van der Waals surface area contributed by atoms with E-state index in [1.54, 1.807) is 0 Å². The minimum Gasteiger partial charge on any atom is -0.313 e. The summed E-state index contributed by atoms with van der Waals surface area (Å²) in [5, 5.41) is 2.63. The van der Waals surface area contributed by atoms with Crippen molar-refractivity contribution in [2.24, 2.45) is 11.0 Å². The predicted molar refractivity (Wildman–Crippen MR) is 55.5 cm³/mol. The summed E-state index contributed by atoms with van der Waals surface area (Å²) in [4.78, 5) is 0. The van der Waals surface area contributed by atoms with Gasteiger partial charge in [-0.05, 0) is 25.0 Å². The first-order valence-corrected chi connectivity index (χ1v) is 5.76. The fourth-order valence-electron chi connectivity index (χ4n) is 1.17. The van der Waals surface area contributed by atoms with E-state index < -0.39 is 7.59 Å². The maximum Gasteiger partial charge on any atom is 0.298 e. The lowest BCUT2D eigenvalue weighted by molar-refractivity contribution is 0.580. The SMILES string of the molecule is Cc1cccc(C)c1NP(N)(N)=O. The van der Waals surface area contributed by atoms with Crippen molar-refractivity contribution in [3.63, 3.8) is 0 Å². The zero-order chi connectivity index (χ0) is 10.1. The lowest BCUT2D eigenvalue weighted by Gasteiger charge is -2.14. The third kappa shape index (κ3) is 2.84. The first kappa shape index (κ1) is 10.3. The Labute approximate surface area is 77.8 Å². The fourth-order valence-corrected chi connectivity index (χ4v) is 1.87.